The highest BCUT2D eigenvalue weighted by Crippen LogP contribution is 2.23. The van der Waals surface area contributed by atoms with Gasteiger partial charge in [-0.25, -0.2) is 14.8 Å². The van der Waals surface area contributed by atoms with Gasteiger partial charge in [-0.15, -0.1) is 11.3 Å². The van der Waals surface area contributed by atoms with Crippen molar-refractivity contribution < 1.29 is 4.79 Å². The van der Waals surface area contributed by atoms with Crippen molar-refractivity contribution in [2.75, 3.05) is 10.6 Å². The van der Waals surface area contributed by atoms with E-state index in [1.165, 1.54) is 11.3 Å². The third kappa shape index (κ3) is 3.40. The lowest BCUT2D eigenvalue weighted by Crippen LogP contribution is -2.20. The molecule has 104 valence electrons. The molecule has 3 rings (SSSR count). The van der Waals surface area contributed by atoms with Crippen molar-refractivity contribution in [2.45, 2.75) is 0 Å². The third-order valence-corrected chi connectivity index (χ3v) is 3.40. The van der Waals surface area contributed by atoms with Gasteiger partial charge in [0, 0.05) is 17.8 Å². The van der Waals surface area contributed by atoms with E-state index in [-0.39, 0.29) is 6.03 Å². The second kappa shape index (κ2) is 6.10. The van der Waals surface area contributed by atoms with Crippen molar-refractivity contribution in [3.05, 3.63) is 54.2 Å². The monoisotopic (exact) mass is 297 g/mol. The third-order valence-electron chi connectivity index (χ3n) is 2.54. The molecular formula is C14H11N5OS. The maximum absolute atomic E-state index is 11.8. The molecule has 0 bridgehead atoms. The standard InChI is InChI=1S/C14H11N5OS/c20-14(18-11-6-2-4-8-16-11)19-12-9-21-13(17-12)10-5-1-3-7-15-10/h1-9H,(H2,16,18,19,20). The van der Waals surface area contributed by atoms with Gasteiger partial charge in [-0.1, -0.05) is 12.1 Å². The minimum atomic E-state index is -0.383. The number of nitrogens with zero attached hydrogens (tertiary/aromatic N) is 3. The highest BCUT2D eigenvalue weighted by molar-refractivity contribution is 7.13. The normalized spacial score (nSPS) is 10.1. The Labute approximate surface area is 124 Å². The van der Waals surface area contributed by atoms with Gasteiger partial charge >= 0.3 is 6.03 Å². The van der Waals surface area contributed by atoms with E-state index >= 15 is 0 Å². The lowest BCUT2D eigenvalue weighted by Gasteiger charge is -2.03. The lowest BCUT2D eigenvalue weighted by atomic mass is 10.4. The number of carbonyl (C=O) groups excluding carboxylic acids is 1. The summed E-state index contributed by atoms with van der Waals surface area (Å²) >= 11 is 1.42. The fourth-order valence-corrected chi connectivity index (χ4v) is 2.37. The van der Waals surface area contributed by atoms with Gasteiger partial charge in [-0.2, -0.15) is 0 Å². The smallest absolute Gasteiger partial charge is 0.292 e. The predicted molar refractivity (Wildman–Crippen MR) is 82.2 cm³/mol. The Morgan fingerprint density at radius 3 is 2.43 bits per heavy atom. The van der Waals surface area contributed by atoms with Crippen LogP contribution >= 0.6 is 11.3 Å². The molecule has 0 atom stereocenters. The molecule has 0 aromatic carbocycles. The Hall–Kier alpha value is -2.80. The molecule has 0 unspecified atom stereocenters. The van der Waals surface area contributed by atoms with Crippen LogP contribution in [-0.2, 0) is 0 Å². The number of nitrogens with one attached hydrogen (secondary N) is 2. The first kappa shape index (κ1) is 13.2. The summed E-state index contributed by atoms with van der Waals surface area (Å²) in [7, 11) is 0. The second-order valence-electron chi connectivity index (χ2n) is 4.05. The van der Waals surface area contributed by atoms with Crippen LogP contribution in [0.15, 0.2) is 54.2 Å². The highest BCUT2D eigenvalue weighted by Gasteiger charge is 2.08. The van der Waals surface area contributed by atoms with Gasteiger partial charge in [0.2, 0.25) is 0 Å². The summed E-state index contributed by atoms with van der Waals surface area (Å²) in [5.41, 5.74) is 0.778. The van der Waals surface area contributed by atoms with Crippen molar-refractivity contribution >= 4 is 29.0 Å². The molecule has 6 nitrogen and oxygen atoms in total. The van der Waals surface area contributed by atoms with Gasteiger partial charge in [0.25, 0.3) is 0 Å². The zero-order valence-corrected chi connectivity index (χ0v) is 11.7. The Morgan fingerprint density at radius 1 is 0.952 bits per heavy atom. The molecule has 3 aromatic heterocycles. The average molecular weight is 297 g/mol. The van der Waals surface area contributed by atoms with Crippen LogP contribution in [0.3, 0.4) is 0 Å². The highest BCUT2D eigenvalue weighted by atomic mass is 32.1. The number of hydrogen-bond acceptors (Lipinski definition) is 5. The number of urea groups is 1. The molecule has 7 heteroatoms. The molecule has 2 N–H and O–H groups in total. The Bertz CT molecular complexity index is 729. The number of aromatic nitrogens is 3. The molecule has 21 heavy (non-hydrogen) atoms. The Kier molecular flexibility index (Phi) is 3.83. The van der Waals surface area contributed by atoms with Crippen molar-refractivity contribution in [2.24, 2.45) is 0 Å². The van der Waals surface area contributed by atoms with E-state index in [0.717, 1.165) is 10.7 Å². The van der Waals surface area contributed by atoms with Gasteiger partial charge in [0.1, 0.15) is 16.6 Å². The molecule has 0 aliphatic carbocycles. The number of hydrogen-bond donors (Lipinski definition) is 2. The van der Waals surface area contributed by atoms with E-state index in [1.54, 1.807) is 36.0 Å². The molecule has 3 aromatic rings. The lowest BCUT2D eigenvalue weighted by molar-refractivity contribution is 0.262. The summed E-state index contributed by atoms with van der Waals surface area (Å²) in [6, 6.07) is 10.5. The zero-order chi connectivity index (χ0) is 14.5. The number of rotatable bonds is 3. The maximum atomic E-state index is 11.8. The second-order valence-corrected chi connectivity index (χ2v) is 4.91. The maximum Gasteiger partial charge on any atom is 0.326 e. The van der Waals surface area contributed by atoms with E-state index in [9.17, 15) is 4.79 Å². The van der Waals surface area contributed by atoms with E-state index in [2.05, 4.69) is 25.6 Å². The van der Waals surface area contributed by atoms with Crippen LogP contribution in [0, 0.1) is 0 Å². The summed E-state index contributed by atoms with van der Waals surface area (Å²) < 4.78 is 0. The van der Waals surface area contributed by atoms with E-state index < -0.39 is 0 Å². The van der Waals surface area contributed by atoms with Gasteiger partial charge < -0.3 is 0 Å². The van der Waals surface area contributed by atoms with E-state index in [1.807, 2.05) is 18.2 Å². The first-order valence-electron chi connectivity index (χ1n) is 6.17. The average Bonchev–Trinajstić information content (AvgIpc) is 2.97. The zero-order valence-electron chi connectivity index (χ0n) is 10.9. The van der Waals surface area contributed by atoms with Crippen LogP contribution in [0.5, 0.6) is 0 Å². The van der Waals surface area contributed by atoms with Gasteiger partial charge in [-0.3, -0.25) is 15.6 Å². The molecule has 3 heterocycles. The van der Waals surface area contributed by atoms with E-state index in [4.69, 9.17) is 0 Å². The summed E-state index contributed by atoms with van der Waals surface area (Å²) in [5.74, 6) is 0.962. The summed E-state index contributed by atoms with van der Waals surface area (Å²) in [4.78, 5) is 24.4. The minimum Gasteiger partial charge on any atom is -0.292 e. The van der Waals surface area contributed by atoms with Gasteiger partial charge in [-0.05, 0) is 24.3 Å². The van der Waals surface area contributed by atoms with Crippen molar-refractivity contribution in [1.82, 2.24) is 15.0 Å². The minimum absolute atomic E-state index is 0.383. The molecule has 0 spiro atoms. The van der Waals surface area contributed by atoms with Crippen LogP contribution in [0.25, 0.3) is 10.7 Å². The SMILES string of the molecule is O=C(Nc1ccccn1)Nc1csc(-c2ccccn2)n1. The Balaban J connectivity index is 1.66. The molecule has 0 saturated heterocycles. The summed E-state index contributed by atoms with van der Waals surface area (Å²) in [6.45, 7) is 0. The fourth-order valence-electron chi connectivity index (χ4n) is 1.64. The largest absolute Gasteiger partial charge is 0.326 e. The predicted octanol–water partition coefficient (Wildman–Crippen LogP) is 3.24. The van der Waals surface area contributed by atoms with Crippen LogP contribution in [0.1, 0.15) is 0 Å². The summed E-state index contributed by atoms with van der Waals surface area (Å²) in [5, 5.41) is 7.81. The number of carbonyl (C=O) groups is 1. The van der Waals surface area contributed by atoms with Crippen LogP contribution in [-0.4, -0.2) is 21.0 Å². The number of thiazole rings is 1. The molecule has 0 aliphatic rings. The summed E-state index contributed by atoms with van der Waals surface area (Å²) in [6.07, 6.45) is 3.31. The first-order valence-corrected chi connectivity index (χ1v) is 7.05. The molecule has 0 saturated carbocycles. The van der Waals surface area contributed by atoms with Crippen LogP contribution in [0.4, 0.5) is 16.4 Å². The first-order chi connectivity index (χ1) is 10.3. The van der Waals surface area contributed by atoms with Gasteiger partial charge in [0.05, 0.1) is 5.69 Å². The Morgan fingerprint density at radius 2 is 1.71 bits per heavy atom. The number of amides is 2. The number of anilines is 2. The molecule has 0 aliphatic heterocycles. The molecule has 0 fully saturated rings. The molecular weight excluding hydrogens is 286 g/mol. The van der Waals surface area contributed by atoms with Crippen LogP contribution in [0.2, 0.25) is 0 Å². The van der Waals surface area contributed by atoms with Crippen molar-refractivity contribution in [3.8, 4) is 10.7 Å². The quantitative estimate of drug-likeness (QED) is 0.777. The van der Waals surface area contributed by atoms with Crippen molar-refractivity contribution in [3.63, 3.8) is 0 Å². The van der Waals surface area contributed by atoms with Gasteiger partial charge in [0.15, 0.2) is 0 Å². The molecule has 2 amide bonds. The fraction of sp³-hybridized carbons (Fsp3) is 0. The number of pyridine rings is 2. The van der Waals surface area contributed by atoms with Crippen molar-refractivity contribution in [1.29, 1.82) is 0 Å². The molecule has 0 radical (unpaired) electrons. The topological polar surface area (TPSA) is 79.8 Å². The van der Waals surface area contributed by atoms with Crippen LogP contribution < -0.4 is 10.6 Å². The van der Waals surface area contributed by atoms with E-state index in [0.29, 0.717) is 11.6 Å².